The van der Waals surface area contributed by atoms with Crippen LogP contribution < -0.4 is 10.1 Å². The Labute approximate surface area is 221 Å². The number of carbonyl (C=O) groups is 1. The highest BCUT2D eigenvalue weighted by atomic mass is 35.5. The first-order valence-electron chi connectivity index (χ1n) is 10.2. The molecule has 2 heterocycles. The van der Waals surface area contributed by atoms with Gasteiger partial charge < -0.3 is 14.6 Å². The molecule has 1 aliphatic heterocycles. The highest BCUT2D eigenvalue weighted by Crippen LogP contribution is 2.38. The summed E-state index contributed by atoms with van der Waals surface area (Å²) in [5.41, 5.74) is 1.11. The van der Waals surface area contributed by atoms with Gasteiger partial charge in [-0.15, -0.1) is 4.83 Å². The molecule has 35 heavy (non-hydrogen) atoms. The van der Waals surface area contributed by atoms with Crippen LogP contribution in [-0.2, 0) is 19.6 Å². The largest absolute Gasteiger partial charge is 0.379 e. The minimum atomic E-state index is -4.06. The Bertz CT molecular complexity index is 1320. The predicted molar refractivity (Wildman–Crippen MR) is 134 cm³/mol. The molecule has 2 N–H and O–H groups in total. The molecule has 0 radical (unpaired) electrons. The molecular weight excluding hydrogens is 562 g/mol. The standard InChI is InChI=1S/C21H18Cl4N4O5S/c22-14-2-1-3-15(23)19(14)16-11-17(34-27-16)13-10-12(26-21(30)20(24)25)4-5-18(13)35(31,32)28-29-6-8-33-9-7-29/h1-5,10-11,20,28H,6-9H2,(H,26,30). The van der Waals surface area contributed by atoms with Crippen molar-refractivity contribution in [1.29, 1.82) is 0 Å². The third kappa shape index (κ3) is 6.10. The molecule has 9 nitrogen and oxygen atoms in total. The zero-order valence-corrected chi connectivity index (χ0v) is 21.6. The third-order valence-electron chi connectivity index (χ3n) is 4.99. The van der Waals surface area contributed by atoms with Crippen molar-refractivity contribution in [2.75, 3.05) is 31.6 Å². The number of morpholine rings is 1. The quantitative estimate of drug-likeness (QED) is 0.394. The number of nitrogens with one attached hydrogen (secondary N) is 2. The average molecular weight is 580 g/mol. The van der Waals surface area contributed by atoms with Crippen LogP contribution in [-0.4, -0.2) is 55.6 Å². The Kier molecular flexibility index (Phi) is 8.24. The Morgan fingerprint density at radius 2 is 1.74 bits per heavy atom. The number of carbonyl (C=O) groups excluding carboxylic acids is 1. The highest BCUT2D eigenvalue weighted by molar-refractivity contribution is 7.89. The fourth-order valence-corrected chi connectivity index (χ4v) is 5.38. The van der Waals surface area contributed by atoms with Crippen LogP contribution in [0.15, 0.2) is 51.9 Å². The van der Waals surface area contributed by atoms with E-state index >= 15 is 0 Å². The van der Waals surface area contributed by atoms with Gasteiger partial charge in [-0.05, 0) is 30.3 Å². The molecule has 186 valence electrons. The van der Waals surface area contributed by atoms with Gasteiger partial charge in [0, 0.05) is 36.0 Å². The summed E-state index contributed by atoms with van der Waals surface area (Å²) < 4.78 is 37.3. The van der Waals surface area contributed by atoms with Crippen molar-refractivity contribution < 1.29 is 22.5 Å². The van der Waals surface area contributed by atoms with Crippen molar-refractivity contribution in [3.63, 3.8) is 0 Å². The first-order chi connectivity index (χ1) is 16.7. The van der Waals surface area contributed by atoms with Crippen LogP contribution in [0.3, 0.4) is 0 Å². The minimum absolute atomic E-state index is 0.0998. The Morgan fingerprint density at radius 1 is 1.06 bits per heavy atom. The van der Waals surface area contributed by atoms with E-state index in [1.54, 1.807) is 23.2 Å². The van der Waals surface area contributed by atoms with Crippen LogP contribution in [0.5, 0.6) is 0 Å². The summed E-state index contributed by atoms with van der Waals surface area (Å²) in [4.78, 5) is 13.1. The number of hydrogen-bond acceptors (Lipinski definition) is 7. The number of rotatable bonds is 7. The van der Waals surface area contributed by atoms with Gasteiger partial charge in [0.05, 0.1) is 28.2 Å². The fraction of sp³-hybridized carbons (Fsp3) is 0.238. The molecule has 0 spiro atoms. The third-order valence-corrected chi connectivity index (χ3v) is 7.45. The van der Waals surface area contributed by atoms with Gasteiger partial charge >= 0.3 is 0 Å². The van der Waals surface area contributed by atoms with E-state index < -0.39 is 20.8 Å². The maximum Gasteiger partial charge on any atom is 0.257 e. The first-order valence-corrected chi connectivity index (χ1v) is 13.3. The van der Waals surface area contributed by atoms with E-state index in [0.717, 1.165) is 0 Å². The molecule has 0 atom stereocenters. The molecule has 0 unspecified atom stereocenters. The molecule has 1 fully saturated rings. The van der Waals surface area contributed by atoms with Gasteiger partial charge in [-0.25, -0.2) is 13.4 Å². The lowest BCUT2D eigenvalue weighted by molar-refractivity contribution is -0.114. The van der Waals surface area contributed by atoms with Gasteiger partial charge in [0.25, 0.3) is 15.9 Å². The Balaban J connectivity index is 1.77. The Hall–Kier alpha value is -1.89. The van der Waals surface area contributed by atoms with E-state index in [2.05, 4.69) is 15.3 Å². The lowest BCUT2D eigenvalue weighted by atomic mass is 10.1. The summed E-state index contributed by atoms with van der Waals surface area (Å²) >= 11 is 23.8. The van der Waals surface area contributed by atoms with Crippen molar-refractivity contribution in [3.05, 3.63) is 52.5 Å². The molecule has 1 saturated heterocycles. The zero-order valence-electron chi connectivity index (χ0n) is 17.8. The van der Waals surface area contributed by atoms with Crippen LogP contribution in [0.2, 0.25) is 10.0 Å². The monoisotopic (exact) mass is 578 g/mol. The van der Waals surface area contributed by atoms with E-state index in [4.69, 9.17) is 55.7 Å². The van der Waals surface area contributed by atoms with Crippen LogP contribution in [0, 0.1) is 0 Å². The van der Waals surface area contributed by atoms with Gasteiger partial charge in [-0.2, -0.15) is 0 Å². The van der Waals surface area contributed by atoms with Gasteiger partial charge in [-0.1, -0.05) is 57.6 Å². The van der Waals surface area contributed by atoms with Crippen LogP contribution in [0.4, 0.5) is 5.69 Å². The van der Waals surface area contributed by atoms with Crippen LogP contribution in [0.25, 0.3) is 22.6 Å². The molecule has 4 rings (SSSR count). The maximum atomic E-state index is 13.3. The van der Waals surface area contributed by atoms with Crippen molar-refractivity contribution >= 4 is 68.0 Å². The average Bonchev–Trinajstić information content (AvgIpc) is 3.29. The molecule has 0 aliphatic carbocycles. The van der Waals surface area contributed by atoms with Crippen LogP contribution in [0.1, 0.15) is 0 Å². The second-order valence-corrected chi connectivity index (χ2v) is 10.9. The number of hydrogen-bond donors (Lipinski definition) is 2. The van der Waals surface area contributed by atoms with E-state index in [9.17, 15) is 13.2 Å². The summed E-state index contributed by atoms with van der Waals surface area (Å²) in [6, 6.07) is 10.6. The number of nitrogens with zero attached hydrogens (tertiary/aromatic N) is 2. The molecule has 1 aromatic heterocycles. The van der Waals surface area contributed by atoms with Crippen molar-refractivity contribution in [3.8, 4) is 22.6 Å². The fourth-order valence-electron chi connectivity index (χ4n) is 3.37. The summed E-state index contributed by atoms with van der Waals surface area (Å²) in [5, 5.41) is 8.77. The predicted octanol–water partition coefficient (Wildman–Crippen LogP) is 4.58. The van der Waals surface area contributed by atoms with Gasteiger partial charge in [-0.3, -0.25) is 4.79 Å². The first kappa shape index (κ1) is 26.2. The molecule has 1 amide bonds. The molecule has 0 bridgehead atoms. The normalized spacial score (nSPS) is 14.9. The minimum Gasteiger partial charge on any atom is -0.379 e. The second kappa shape index (κ2) is 11.0. The molecular formula is C21H18Cl4N4O5S. The summed E-state index contributed by atoms with van der Waals surface area (Å²) in [7, 11) is -4.06. The number of anilines is 1. The van der Waals surface area contributed by atoms with Crippen molar-refractivity contribution in [2.45, 2.75) is 9.73 Å². The van der Waals surface area contributed by atoms with Gasteiger partial charge in [0.15, 0.2) is 10.6 Å². The molecule has 0 saturated carbocycles. The molecule has 1 aliphatic rings. The van der Waals surface area contributed by atoms with Crippen LogP contribution >= 0.6 is 46.4 Å². The maximum absolute atomic E-state index is 13.3. The topological polar surface area (TPSA) is 114 Å². The number of sulfonamides is 1. The van der Waals surface area contributed by atoms with Gasteiger partial charge in [0.1, 0.15) is 5.69 Å². The number of alkyl halides is 2. The Morgan fingerprint density at radius 3 is 2.40 bits per heavy atom. The SMILES string of the molecule is O=C(Nc1ccc(S(=O)(=O)NN2CCOCC2)c(-c2cc(-c3c(Cl)cccc3Cl)no2)c1)C(Cl)Cl. The zero-order chi connectivity index (χ0) is 25.2. The molecule has 3 aromatic rings. The number of ether oxygens (including phenoxy) is 1. The van der Waals surface area contributed by atoms with E-state index in [1.807, 2.05) is 0 Å². The number of hydrazine groups is 1. The molecule has 14 heteroatoms. The number of amides is 1. The lowest BCUT2D eigenvalue weighted by Crippen LogP contribution is -2.48. The van der Waals surface area contributed by atoms with E-state index in [1.165, 1.54) is 24.3 Å². The number of halogens is 4. The van der Waals surface area contributed by atoms with E-state index in [0.29, 0.717) is 47.6 Å². The van der Waals surface area contributed by atoms with E-state index in [-0.39, 0.29) is 21.9 Å². The van der Waals surface area contributed by atoms with Crippen molar-refractivity contribution in [2.24, 2.45) is 0 Å². The number of aromatic nitrogens is 1. The lowest BCUT2D eigenvalue weighted by Gasteiger charge is -2.27. The smallest absolute Gasteiger partial charge is 0.257 e. The number of benzene rings is 2. The van der Waals surface area contributed by atoms with Gasteiger partial charge in [0.2, 0.25) is 0 Å². The summed E-state index contributed by atoms with van der Waals surface area (Å²) in [5.74, 6) is -0.579. The highest BCUT2D eigenvalue weighted by Gasteiger charge is 2.27. The summed E-state index contributed by atoms with van der Waals surface area (Å²) in [6.45, 7) is 1.55. The molecule has 2 aromatic carbocycles. The van der Waals surface area contributed by atoms with Crippen molar-refractivity contribution in [1.82, 2.24) is 15.0 Å². The second-order valence-electron chi connectivity index (χ2n) is 7.37. The summed E-state index contributed by atoms with van der Waals surface area (Å²) in [6.07, 6.45) is 0.